The first kappa shape index (κ1) is 15.6. The van der Waals surface area contributed by atoms with Crippen molar-refractivity contribution in [1.82, 2.24) is 0 Å². The van der Waals surface area contributed by atoms with Crippen LogP contribution in [0, 0.1) is 14.9 Å². The molecule has 7 heteroatoms. The van der Waals surface area contributed by atoms with Gasteiger partial charge in [0.2, 0.25) is 0 Å². The van der Waals surface area contributed by atoms with Crippen molar-refractivity contribution in [3.8, 4) is 11.8 Å². The van der Waals surface area contributed by atoms with Gasteiger partial charge >= 0.3 is 12.6 Å². The van der Waals surface area contributed by atoms with Crippen LogP contribution < -0.4 is 4.74 Å². The summed E-state index contributed by atoms with van der Waals surface area (Å²) in [4.78, 5) is 11.4. The minimum Gasteiger partial charge on any atom is -0.466 e. The number of halogens is 3. The fourth-order valence-corrected chi connectivity index (χ4v) is 2.01. The number of carbonyl (C=O) groups is 1. The Morgan fingerprint density at radius 1 is 1.53 bits per heavy atom. The van der Waals surface area contributed by atoms with Crippen molar-refractivity contribution in [3.63, 3.8) is 0 Å². The second-order valence-electron chi connectivity index (χ2n) is 3.41. The zero-order chi connectivity index (χ0) is 14.4. The van der Waals surface area contributed by atoms with E-state index >= 15 is 0 Å². The molecule has 0 radical (unpaired) electrons. The average molecular weight is 381 g/mol. The lowest BCUT2D eigenvalue weighted by Gasteiger charge is -2.10. The van der Waals surface area contributed by atoms with Gasteiger partial charge in [-0.25, -0.2) is 0 Å². The van der Waals surface area contributed by atoms with E-state index in [4.69, 9.17) is 10.00 Å². The van der Waals surface area contributed by atoms with Gasteiger partial charge in [-0.15, -0.1) is 0 Å². The minimum absolute atomic E-state index is 0.0181. The zero-order valence-corrected chi connectivity index (χ0v) is 12.1. The maximum Gasteiger partial charge on any atom is 0.387 e. The molecule has 0 aliphatic rings. The summed E-state index contributed by atoms with van der Waals surface area (Å²) in [5.74, 6) is -0.638. The van der Waals surface area contributed by atoms with Gasteiger partial charge in [0.15, 0.2) is 0 Å². The van der Waals surface area contributed by atoms with Gasteiger partial charge in [-0.2, -0.15) is 14.0 Å². The summed E-state index contributed by atoms with van der Waals surface area (Å²) in [6, 6.07) is 4.42. The number of hydrogen-bond acceptors (Lipinski definition) is 4. The van der Waals surface area contributed by atoms with E-state index in [1.807, 2.05) is 22.6 Å². The van der Waals surface area contributed by atoms with Gasteiger partial charge in [-0.05, 0) is 47.2 Å². The highest BCUT2D eigenvalue weighted by atomic mass is 127. The Morgan fingerprint density at radius 2 is 2.21 bits per heavy atom. The van der Waals surface area contributed by atoms with Gasteiger partial charge < -0.3 is 9.47 Å². The molecule has 0 aliphatic carbocycles. The van der Waals surface area contributed by atoms with E-state index < -0.39 is 12.6 Å². The molecule has 1 aromatic rings. The van der Waals surface area contributed by atoms with Crippen molar-refractivity contribution in [2.45, 2.75) is 20.0 Å². The van der Waals surface area contributed by atoms with Gasteiger partial charge in [-0.1, -0.05) is 0 Å². The topological polar surface area (TPSA) is 59.3 Å². The van der Waals surface area contributed by atoms with Crippen molar-refractivity contribution in [2.24, 2.45) is 0 Å². The van der Waals surface area contributed by atoms with Gasteiger partial charge in [0.1, 0.15) is 11.8 Å². The normalized spacial score (nSPS) is 10.1. The second-order valence-corrected chi connectivity index (χ2v) is 4.57. The number of esters is 1. The maximum absolute atomic E-state index is 12.2. The molecule has 0 N–H and O–H groups in total. The molecule has 1 aromatic carbocycles. The van der Waals surface area contributed by atoms with Crippen molar-refractivity contribution in [1.29, 1.82) is 5.26 Å². The lowest BCUT2D eigenvalue weighted by Crippen LogP contribution is -2.10. The third kappa shape index (κ3) is 4.63. The van der Waals surface area contributed by atoms with Gasteiger partial charge in [0.05, 0.1) is 18.6 Å². The third-order valence-electron chi connectivity index (χ3n) is 2.13. The average Bonchev–Trinajstić information content (AvgIpc) is 2.32. The van der Waals surface area contributed by atoms with E-state index in [9.17, 15) is 13.6 Å². The molecule has 1 rings (SSSR count). The van der Waals surface area contributed by atoms with Crippen molar-refractivity contribution >= 4 is 28.6 Å². The molecule has 0 amide bonds. The number of nitriles is 1. The van der Waals surface area contributed by atoms with E-state index in [1.165, 1.54) is 12.1 Å². The Balaban J connectivity index is 3.03. The number of ether oxygens (including phenoxy) is 2. The lowest BCUT2D eigenvalue weighted by atomic mass is 10.1. The van der Waals surface area contributed by atoms with E-state index in [2.05, 4.69) is 4.74 Å². The molecule has 0 atom stereocenters. The Labute approximate surface area is 122 Å². The largest absolute Gasteiger partial charge is 0.466 e. The summed E-state index contributed by atoms with van der Waals surface area (Å²) in [6.45, 7) is -1.06. The number of hydrogen-bond donors (Lipinski definition) is 0. The first-order valence-electron chi connectivity index (χ1n) is 5.30. The Hall–Kier alpha value is -1.43. The SMILES string of the molecule is CCOC(=O)Cc1cc(C#N)c(OC(F)F)cc1I. The summed E-state index contributed by atoms with van der Waals surface area (Å²) in [5.41, 5.74) is 0.497. The standard InChI is InChI=1S/C12H10F2INO3/c1-2-18-11(17)4-7-3-8(6-16)10(5-9(7)15)19-12(13)14/h3,5,12H,2,4H2,1H3. The van der Waals surface area contributed by atoms with Crippen LogP contribution in [0.5, 0.6) is 5.75 Å². The lowest BCUT2D eigenvalue weighted by molar-refractivity contribution is -0.142. The van der Waals surface area contributed by atoms with Crippen LogP contribution in [-0.4, -0.2) is 19.2 Å². The highest BCUT2D eigenvalue weighted by Crippen LogP contribution is 2.26. The molecule has 0 fully saturated rings. The number of nitrogens with zero attached hydrogens (tertiary/aromatic N) is 1. The molecule has 0 saturated carbocycles. The number of rotatable bonds is 5. The Kier molecular flexibility index (Phi) is 5.95. The summed E-state index contributed by atoms with van der Waals surface area (Å²) >= 11 is 1.89. The summed E-state index contributed by atoms with van der Waals surface area (Å²) < 4.78 is 33.9. The van der Waals surface area contributed by atoms with Crippen molar-refractivity contribution in [2.75, 3.05) is 6.61 Å². The number of benzene rings is 1. The molecule has 0 aromatic heterocycles. The van der Waals surface area contributed by atoms with E-state index in [-0.39, 0.29) is 24.3 Å². The minimum atomic E-state index is -3.00. The van der Waals surface area contributed by atoms with Crippen molar-refractivity contribution < 1.29 is 23.0 Å². The van der Waals surface area contributed by atoms with E-state index in [0.29, 0.717) is 9.13 Å². The molecular weight excluding hydrogens is 371 g/mol. The fourth-order valence-electron chi connectivity index (χ4n) is 1.38. The Bertz CT molecular complexity index is 514. The predicted molar refractivity (Wildman–Crippen MR) is 70.8 cm³/mol. The molecule has 0 saturated heterocycles. The highest BCUT2D eigenvalue weighted by molar-refractivity contribution is 14.1. The summed E-state index contributed by atoms with van der Waals surface area (Å²) in [6.07, 6.45) is -0.0181. The third-order valence-corrected chi connectivity index (χ3v) is 3.13. The van der Waals surface area contributed by atoms with Crippen LogP contribution in [0.2, 0.25) is 0 Å². The highest BCUT2D eigenvalue weighted by Gasteiger charge is 2.15. The van der Waals surface area contributed by atoms with E-state index in [0.717, 1.165) is 0 Å². The molecule has 0 spiro atoms. The summed E-state index contributed by atoms with van der Waals surface area (Å²) in [5, 5.41) is 8.89. The van der Waals surface area contributed by atoms with Gasteiger partial charge in [0.25, 0.3) is 0 Å². The van der Waals surface area contributed by atoms with Crippen LogP contribution in [-0.2, 0) is 16.0 Å². The monoisotopic (exact) mass is 381 g/mol. The van der Waals surface area contributed by atoms with Crippen LogP contribution in [0.1, 0.15) is 18.1 Å². The second kappa shape index (κ2) is 7.23. The molecule has 0 heterocycles. The molecular formula is C12H10F2INO3. The first-order valence-corrected chi connectivity index (χ1v) is 6.38. The quantitative estimate of drug-likeness (QED) is 0.582. The Morgan fingerprint density at radius 3 is 2.74 bits per heavy atom. The molecule has 0 aliphatic heterocycles. The number of alkyl halides is 2. The van der Waals surface area contributed by atoms with Crippen LogP contribution >= 0.6 is 22.6 Å². The summed E-state index contributed by atoms with van der Waals surface area (Å²) in [7, 11) is 0. The fraction of sp³-hybridized carbons (Fsp3) is 0.333. The number of carbonyl (C=O) groups excluding carboxylic acids is 1. The molecule has 0 unspecified atom stereocenters. The van der Waals surface area contributed by atoms with Gasteiger partial charge in [0, 0.05) is 3.57 Å². The maximum atomic E-state index is 12.2. The van der Waals surface area contributed by atoms with Crippen molar-refractivity contribution in [3.05, 3.63) is 26.8 Å². The molecule has 0 bridgehead atoms. The molecule has 102 valence electrons. The first-order chi connectivity index (χ1) is 8.97. The van der Waals surface area contributed by atoms with Crippen LogP contribution in [0.15, 0.2) is 12.1 Å². The molecule has 19 heavy (non-hydrogen) atoms. The van der Waals surface area contributed by atoms with E-state index in [1.54, 1.807) is 13.0 Å². The predicted octanol–water partition coefficient (Wildman–Crippen LogP) is 2.87. The smallest absolute Gasteiger partial charge is 0.387 e. The zero-order valence-electron chi connectivity index (χ0n) is 9.95. The van der Waals surface area contributed by atoms with Crippen LogP contribution in [0.4, 0.5) is 8.78 Å². The van der Waals surface area contributed by atoms with Gasteiger partial charge in [-0.3, -0.25) is 4.79 Å². The van der Waals surface area contributed by atoms with Crippen LogP contribution in [0.3, 0.4) is 0 Å². The molecule has 4 nitrogen and oxygen atoms in total. The van der Waals surface area contributed by atoms with Crippen LogP contribution in [0.25, 0.3) is 0 Å².